The first kappa shape index (κ1) is 18.0. The third-order valence-electron chi connectivity index (χ3n) is 4.77. The molecule has 2 heterocycles. The first-order chi connectivity index (χ1) is 13.6. The van der Waals surface area contributed by atoms with Crippen molar-refractivity contribution in [2.75, 3.05) is 31.1 Å². The minimum Gasteiger partial charge on any atom is -0.355 e. The second-order valence-corrected chi connectivity index (χ2v) is 6.53. The number of rotatable bonds is 5. The number of benzene rings is 2. The van der Waals surface area contributed by atoms with E-state index in [0.717, 1.165) is 5.39 Å². The molecule has 3 aromatic rings. The van der Waals surface area contributed by atoms with Crippen LogP contribution in [0.5, 0.6) is 0 Å². The fraction of sp³-hybridized carbons (Fsp3) is 0.250. The number of likely N-dealkylation sites (N-methyl/N-ethyl adjacent to an activating group) is 1. The molecule has 0 aliphatic carbocycles. The molecule has 3 amide bonds. The molecule has 144 valence electrons. The van der Waals surface area contributed by atoms with Crippen molar-refractivity contribution >= 4 is 28.5 Å². The number of amides is 3. The highest BCUT2D eigenvalue weighted by Gasteiger charge is 2.32. The van der Waals surface area contributed by atoms with Gasteiger partial charge in [-0.05, 0) is 31.2 Å². The van der Waals surface area contributed by atoms with Crippen LogP contribution in [0.25, 0.3) is 16.6 Å². The molecule has 1 aromatic heterocycles. The zero-order valence-electron chi connectivity index (χ0n) is 15.4. The second-order valence-electron chi connectivity index (χ2n) is 6.53. The summed E-state index contributed by atoms with van der Waals surface area (Å²) in [6.45, 7) is 3.34. The van der Waals surface area contributed by atoms with Crippen molar-refractivity contribution < 1.29 is 14.0 Å². The summed E-state index contributed by atoms with van der Waals surface area (Å²) in [4.78, 5) is 27.8. The van der Waals surface area contributed by atoms with Gasteiger partial charge in [-0.15, -0.1) is 0 Å². The van der Waals surface area contributed by atoms with Gasteiger partial charge in [-0.2, -0.15) is 5.10 Å². The van der Waals surface area contributed by atoms with Crippen LogP contribution in [0.1, 0.15) is 6.92 Å². The predicted octanol–water partition coefficient (Wildman–Crippen LogP) is 2.54. The Hall–Kier alpha value is -3.42. The van der Waals surface area contributed by atoms with E-state index in [4.69, 9.17) is 0 Å². The van der Waals surface area contributed by atoms with Crippen LogP contribution in [0, 0.1) is 5.82 Å². The number of anilines is 1. The topological polar surface area (TPSA) is 70.5 Å². The lowest BCUT2D eigenvalue weighted by atomic mass is 10.2. The average Bonchev–Trinajstić information content (AvgIpc) is 3.27. The van der Waals surface area contributed by atoms with Gasteiger partial charge in [0.25, 0.3) is 0 Å². The number of hydrogen-bond acceptors (Lipinski definition) is 3. The fourth-order valence-electron chi connectivity index (χ4n) is 3.47. The van der Waals surface area contributed by atoms with E-state index in [-0.39, 0.29) is 24.3 Å². The molecule has 0 unspecified atom stereocenters. The maximum atomic E-state index is 14.2. The van der Waals surface area contributed by atoms with Gasteiger partial charge in [0.15, 0.2) is 0 Å². The summed E-state index contributed by atoms with van der Waals surface area (Å²) < 4.78 is 15.7. The number of hydrogen-bond donors (Lipinski definition) is 1. The summed E-state index contributed by atoms with van der Waals surface area (Å²) in [5, 5.41) is 7.79. The molecule has 0 spiro atoms. The highest BCUT2D eigenvalue weighted by Crippen LogP contribution is 2.31. The third kappa shape index (κ3) is 3.06. The van der Waals surface area contributed by atoms with E-state index in [1.54, 1.807) is 29.3 Å². The van der Waals surface area contributed by atoms with E-state index < -0.39 is 0 Å². The van der Waals surface area contributed by atoms with Crippen LogP contribution < -0.4 is 10.2 Å². The van der Waals surface area contributed by atoms with Crippen LogP contribution in [0.15, 0.2) is 48.7 Å². The molecule has 0 bridgehead atoms. The standard InChI is InChI=1S/C20H20FN5O2/c1-2-22-19(27)13-24-10-11-25(20(24)28)16-8-5-9-17-14(16)12-23-26(17)18-7-4-3-6-15(18)21/h3-9,12H,2,10-11,13H2,1H3,(H,22,27). The van der Waals surface area contributed by atoms with Gasteiger partial charge in [-0.3, -0.25) is 9.69 Å². The zero-order valence-corrected chi connectivity index (χ0v) is 15.4. The molecule has 4 rings (SSSR count). The lowest BCUT2D eigenvalue weighted by molar-refractivity contribution is -0.121. The number of nitrogens with one attached hydrogen (secondary N) is 1. The van der Waals surface area contributed by atoms with E-state index in [2.05, 4.69) is 10.4 Å². The largest absolute Gasteiger partial charge is 0.355 e. The maximum absolute atomic E-state index is 14.2. The van der Waals surface area contributed by atoms with Crippen molar-refractivity contribution in [3.8, 4) is 5.69 Å². The highest BCUT2D eigenvalue weighted by molar-refractivity contribution is 6.04. The molecule has 28 heavy (non-hydrogen) atoms. The number of fused-ring (bicyclic) bond motifs is 1. The van der Waals surface area contributed by atoms with E-state index >= 15 is 0 Å². The first-order valence-corrected chi connectivity index (χ1v) is 9.15. The van der Waals surface area contributed by atoms with Crippen LogP contribution >= 0.6 is 0 Å². The highest BCUT2D eigenvalue weighted by atomic mass is 19.1. The van der Waals surface area contributed by atoms with Crippen molar-refractivity contribution in [2.24, 2.45) is 0 Å². The van der Waals surface area contributed by atoms with Crippen molar-refractivity contribution in [3.63, 3.8) is 0 Å². The van der Waals surface area contributed by atoms with Gasteiger partial charge < -0.3 is 10.2 Å². The van der Waals surface area contributed by atoms with Crippen LogP contribution in [0.4, 0.5) is 14.9 Å². The minimum atomic E-state index is -0.372. The van der Waals surface area contributed by atoms with Gasteiger partial charge in [-0.25, -0.2) is 13.9 Å². The number of urea groups is 1. The van der Waals surface area contributed by atoms with Crippen LogP contribution in [-0.2, 0) is 4.79 Å². The Morgan fingerprint density at radius 2 is 1.93 bits per heavy atom. The maximum Gasteiger partial charge on any atom is 0.325 e. The quantitative estimate of drug-likeness (QED) is 0.738. The Morgan fingerprint density at radius 3 is 2.71 bits per heavy atom. The molecule has 8 heteroatoms. The first-order valence-electron chi connectivity index (χ1n) is 9.15. The average molecular weight is 381 g/mol. The Kier molecular flexibility index (Phi) is 4.68. The molecule has 0 saturated carbocycles. The van der Waals surface area contributed by atoms with Crippen LogP contribution in [0.3, 0.4) is 0 Å². The zero-order chi connectivity index (χ0) is 19.7. The van der Waals surface area contributed by atoms with Gasteiger partial charge in [0.05, 0.1) is 17.4 Å². The Bertz CT molecular complexity index is 1050. The van der Waals surface area contributed by atoms with Crippen LogP contribution in [0.2, 0.25) is 0 Å². The van der Waals surface area contributed by atoms with Gasteiger partial charge in [0.2, 0.25) is 5.91 Å². The monoisotopic (exact) mass is 381 g/mol. The fourth-order valence-corrected chi connectivity index (χ4v) is 3.47. The van der Waals surface area contributed by atoms with Gasteiger partial charge in [0.1, 0.15) is 18.0 Å². The van der Waals surface area contributed by atoms with Gasteiger partial charge in [-0.1, -0.05) is 18.2 Å². The molecule has 0 radical (unpaired) electrons. The summed E-state index contributed by atoms with van der Waals surface area (Å²) in [5.74, 6) is -0.549. The molecule has 1 N–H and O–H groups in total. The summed E-state index contributed by atoms with van der Waals surface area (Å²) in [6.07, 6.45) is 1.64. The molecular formula is C20H20FN5O2. The predicted molar refractivity (Wildman–Crippen MR) is 104 cm³/mol. The Balaban J connectivity index is 1.67. The number of halogens is 1. The van der Waals surface area contributed by atoms with Crippen molar-refractivity contribution in [3.05, 3.63) is 54.5 Å². The van der Waals surface area contributed by atoms with Gasteiger partial charge in [0, 0.05) is 25.0 Å². The molecule has 7 nitrogen and oxygen atoms in total. The number of carbonyl (C=O) groups is 2. The van der Waals surface area contributed by atoms with Crippen LogP contribution in [-0.4, -0.2) is 52.8 Å². The Labute approximate surface area is 161 Å². The molecule has 2 aromatic carbocycles. The van der Waals surface area contributed by atoms with E-state index in [9.17, 15) is 14.0 Å². The van der Waals surface area contributed by atoms with Crippen molar-refractivity contribution in [2.45, 2.75) is 6.92 Å². The third-order valence-corrected chi connectivity index (χ3v) is 4.77. The molecule has 1 fully saturated rings. The number of aromatic nitrogens is 2. The minimum absolute atomic E-state index is 0.0354. The summed E-state index contributed by atoms with van der Waals surface area (Å²) in [5.41, 5.74) is 1.75. The van der Waals surface area contributed by atoms with Crippen molar-refractivity contribution in [1.82, 2.24) is 20.0 Å². The number of carbonyl (C=O) groups excluding carboxylic acids is 2. The number of para-hydroxylation sites is 1. The summed E-state index contributed by atoms with van der Waals surface area (Å²) >= 11 is 0. The molecule has 0 atom stereocenters. The molecule has 1 aliphatic rings. The number of nitrogens with zero attached hydrogens (tertiary/aromatic N) is 4. The molecule has 1 aliphatic heterocycles. The van der Waals surface area contributed by atoms with E-state index in [0.29, 0.717) is 36.5 Å². The summed E-state index contributed by atoms with van der Waals surface area (Å²) in [6, 6.07) is 11.7. The van der Waals surface area contributed by atoms with E-state index in [1.165, 1.54) is 15.6 Å². The normalized spacial score (nSPS) is 14.1. The van der Waals surface area contributed by atoms with Gasteiger partial charge >= 0.3 is 6.03 Å². The molecule has 1 saturated heterocycles. The SMILES string of the molecule is CCNC(=O)CN1CCN(c2cccc3c2cnn3-c2ccccc2F)C1=O. The van der Waals surface area contributed by atoms with E-state index in [1.807, 2.05) is 25.1 Å². The second kappa shape index (κ2) is 7.30. The summed E-state index contributed by atoms with van der Waals surface area (Å²) in [7, 11) is 0. The molecular weight excluding hydrogens is 361 g/mol. The Morgan fingerprint density at radius 1 is 1.14 bits per heavy atom. The smallest absolute Gasteiger partial charge is 0.325 e. The lowest BCUT2D eigenvalue weighted by Crippen LogP contribution is -2.39. The van der Waals surface area contributed by atoms with Crippen molar-refractivity contribution in [1.29, 1.82) is 0 Å². The lowest BCUT2D eigenvalue weighted by Gasteiger charge is -2.19.